The molecule has 4 heteroatoms. The van der Waals surface area contributed by atoms with Crippen molar-refractivity contribution in [3.05, 3.63) is 54.5 Å². The Bertz CT molecular complexity index is 541. The molecule has 1 aromatic carbocycles. The van der Waals surface area contributed by atoms with Gasteiger partial charge in [0.2, 0.25) is 18.5 Å². The van der Waals surface area contributed by atoms with E-state index >= 15 is 0 Å². The highest BCUT2D eigenvalue weighted by Gasteiger charge is 2.12. The largest absolute Gasteiger partial charge is 0.473 e. The fraction of sp³-hybridized carbons (Fsp3) is 0.267. The molecule has 0 amide bonds. The second-order valence-corrected chi connectivity index (χ2v) is 4.20. The van der Waals surface area contributed by atoms with Crippen LogP contribution in [0.4, 0.5) is 0 Å². The number of rotatable bonds is 6. The molecule has 0 N–H and O–H groups in total. The Labute approximate surface area is 112 Å². The lowest BCUT2D eigenvalue weighted by molar-refractivity contribution is -0.684. The Hall–Kier alpha value is -2.23. The number of aromatic nitrogens is 2. The number of ketones is 1. The molecule has 0 bridgehead atoms. The first-order valence-electron chi connectivity index (χ1n) is 6.35. The van der Waals surface area contributed by atoms with Crippen LogP contribution in [0.5, 0.6) is 5.88 Å². The van der Waals surface area contributed by atoms with Gasteiger partial charge < -0.3 is 4.74 Å². The summed E-state index contributed by atoms with van der Waals surface area (Å²) < 4.78 is 7.22. The molecule has 1 aromatic heterocycles. The third-order valence-electron chi connectivity index (χ3n) is 2.61. The number of ether oxygens (including phenoxy) is 1. The smallest absolute Gasteiger partial charge is 0.279 e. The van der Waals surface area contributed by atoms with E-state index in [1.165, 1.54) is 0 Å². The summed E-state index contributed by atoms with van der Waals surface area (Å²) in [6.07, 6.45) is 6.08. The Kier molecular flexibility index (Phi) is 4.61. The maximum absolute atomic E-state index is 12.1. The fourth-order valence-corrected chi connectivity index (χ4v) is 1.67. The molecule has 0 aliphatic rings. The van der Waals surface area contributed by atoms with Crippen LogP contribution in [0, 0.1) is 0 Å². The number of nitrogens with zero attached hydrogens (tertiary/aromatic N) is 2. The van der Waals surface area contributed by atoms with Gasteiger partial charge in [-0.15, -0.1) is 0 Å². The molecule has 2 rings (SSSR count). The summed E-state index contributed by atoms with van der Waals surface area (Å²) in [4.78, 5) is 16.2. The molecule has 0 aliphatic heterocycles. The van der Waals surface area contributed by atoms with Gasteiger partial charge in [0.1, 0.15) is 0 Å². The predicted molar refractivity (Wildman–Crippen MR) is 71.0 cm³/mol. The molecule has 1 heterocycles. The molecule has 2 aromatic rings. The zero-order valence-electron chi connectivity index (χ0n) is 11.0. The van der Waals surface area contributed by atoms with Crippen LogP contribution in [0.25, 0.3) is 0 Å². The van der Waals surface area contributed by atoms with Crippen LogP contribution in [0.3, 0.4) is 0 Å². The lowest BCUT2D eigenvalue weighted by Gasteiger charge is -2.02. The second kappa shape index (κ2) is 6.64. The van der Waals surface area contributed by atoms with E-state index in [1.54, 1.807) is 23.2 Å². The normalized spacial score (nSPS) is 10.2. The number of carbonyl (C=O) groups excluding carboxylic acids is 1. The van der Waals surface area contributed by atoms with Crippen molar-refractivity contribution in [2.24, 2.45) is 0 Å². The Morgan fingerprint density at radius 3 is 2.84 bits per heavy atom. The minimum Gasteiger partial charge on any atom is -0.473 e. The molecule has 0 spiro atoms. The zero-order chi connectivity index (χ0) is 13.5. The third-order valence-corrected chi connectivity index (χ3v) is 2.61. The SMILES string of the molecule is CCCOc1c[n+](CC(=O)c2ccccc2)ccn1. The molecule has 98 valence electrons. The first-order valence-corrected chi connectivity index (χ1v) is 6.35. The van der Waals surface area contributed by atoms with Crippen molar-refractivity contribution >= 4 is 5.78 Å². The molecule has 0 radical (unpaired) electrons. The minimum absolute atomic E-state index is 0.0678. The Balaban J connectivity index is 2.05. The lowest BCUT2D eigenvalue weighted by Crippen LogP contribution is -2.37. The zero-order valence-corrected chi connectivity index (χ0v) is 11.0. The standard InChI is InChI=1S/C15H17N2O2/c1-2-10-19-15-12-17(9-8-16-15)11-14(18)13-6-4-3-5-7-13/h3-9,12H,2,10-11H2,1H3/q+1. The Morgan fingerprint density at radius 2 is 2.11 bits per heavy atom. The maximum Gasteiger partial charge on any atom is 0.279 e. The highest BCUT2D eigenvalue weighted by atomic mass is 16.5. The number of benzene rings is 1. The molecule has 0 unspecified atom stereocenters. The van der Waals surface area contributed by atoms with Crippen LogP contribution < -0.4 is 9.30 Å². The average Bonchev–Trinajstić information content (AvgIpc) is 2.46. The van der Waals surface area contributed by atoms with E-state index in [1.807, 2.05) is 37.3 Å². The number of hydrogen-bond donors (Lipinski definition) is 0. The van der Waals surface area contributed by atoms with E-state index in [9.17, 15) is 4.79 Å². The van der Waals surface area contributed by atoms with E-state index in [0.29, 0.717) is 18.1 Å². The summed E-state index contributed by atoms with van der Waals surface area (Å²) in [5, 5.41) is 0. The second-order valence-electron chi connectivity index (χ2n) is 4.20. The number of carbonyl (C=O) groups is 1. The van der Waals surface area contributed by atoms with E-state index in [4.69, 9.17) is 4.74 Å². The van der Waals surface area contributed by atoms with E-state index in [0.717, 1.165) is 6.42 Å². The quantitative estimate of drug-likeness (QED) is 0.587. The molecule has 19 heavy (non-hydrogen) atoms. The first-order chi connectivity index (χ1) is 9.29. The van der Waals surface area contributed by atoms with Crippen LogP contribution in [-0.2, 0) is 6.54 Å². The van der Waals surface area contributed by atoms with Crippen molar-refractivity contribution in [3.63, 3.8) is 0 Å². The summed E-state index contributed by atoms with van der Waals surface area (Å²) in [6, 6.07) is 9.25. The van der Waals surface area contributed by atoms with Gasteiger partial charge in [0.25, 0.3) is 5.88 Å². The van der Waals surface area contributed by atoms with Crippen molar-refractivity contribution in [2.75, 3.05) is 6.61 Å². The fourth-order valence-electron chi connectivity index (χ4n) is 1.67. The van der Waals surface area contributed by atoms with Gasteiger partial charge in [0.15, 0.2) is 6.20 Å². The summed E-state index contributed by atoms with van der Waals surface area (Å²) >= 11 is 0. The number of Topliss-reactive ketones (excluding diaryl/α,β-unsaturated/α-hetero) is 1. The summed E-state index contributed by atoms with van der Waals surface area (Å²) in [7, 11) is 0. The van der Waals surface area contributed by atoms with Crippen molar-refractivity contribution in [1.82, 2.24) is 4.98 Å². The van der Waals surface area contributed by atoms with Gasteiger partial charge in [-0.2, -0.15) is 4.57 Å². The van der Waals surface area contributed by atoms with Gasteiger partial charge >= 0.3 is 0 Å². The first kappa shape index (κ1) is 13.2. The van der Waals surface area contributed by atoms with Crippen molar-refractivity contribution in [1.29, 1.82) is 0 Å². The van der Waals surface area contributed by atoms with Gasteiger partial charge in [0.05, 0.1) is 12.8 Å². The Morgan fingerprint density at radius 1 is 1.32 bits per heavy atom. The summed E-state index contributed by atoms with van der Waals surface area (Å²) in [6.45, 7) is 2.95. The van der Waals surface area contributed by atoms with Crippen LogP contribution >= 0.6 is 0 Å². The van der Waals surface area contributed by atoms with E-state index in [2.05, 4.69) is 4.98 Å². The van der Waals surface area contributed by atoms with Crippen LogP contribution in [0.15, 0.2) is 48.9 Å². The van der Waals surface area contributed by atoms with Crippen LogP contribution in [0.1, 0.15) is 23.7 Å². The third kappa shape index (κ3) is 3.88. The van der Waals surface area contributed by atoms with Gasteiger partial charge in [-0.25, -0.2) is 4.98 Å². The summed E-state index contributed by atoms with van der Waals surface area (Å²) in [5.74, 6) is 0.614. The molecular formula is C15H17N2O2+. The lowest BCUT2D eigenvalue weighted by atomic mass is 10.1. The molecule has 0 aliphatic carbocycles. The van der Waals surface area contributed by atoms with Crippen LogP contribution in [0.2, 0.25) is 0 Å². The van der Waals surface area contributed by atoms with Gasteiger partial charge in [-0.05, 0) is 6.42 Å². The molecule has 0 atom stereocenters. The monoisotopic (exact) mass is 257 g/mol. The van der Waals surface area contributed by atoms with Gasteiger partial charge in [0, 0.05) is 5.56 Å². The van der Waals surface area contributed by atoms with Gasteiger partial charge in [-0.3, -0.25) is 4.79 Å². The maximum atomic E-state index is 12.1. The van der Waals surface area contributed by atoms with Crippen molar-refractivity contribution in [3.8, 4) is 5.88 Å². The van der Waals surface area contributed by atoms with E-state index < -0.39 is 0 Å². The molecule has 0 fully saturated rings. The molecule has 4 nitrogen and oxygen atoms in total. The average molecular weight is 257 g/mol. The predicted octanol–water partition coefficient (Wildman–Crippen LogP) is 2.04. The van der Waals surface area contributed by atoms with Crippen molar-refractivity contribution in [2.45, 2.75) is 19.9 Å². The summed E-state index contributed by atoms with van der Waals surface area (Å²) in [5.41, 5.74) is 0.711. The highest BCUT2D eigenvalue weighted by Crippen LogP contribution is 2.02. The highest BCUT2D eigenvalue weighted by molar-refractivity contribution is 5.94. The van der Waals surface area contributed by atoms with Crippen molar-refractivity contribution < 1.29 is 14.1 Å². The van der Waals surface area contributed by atoms with Crippen LogP contribution in [-0.4, -0.2) is 17.4 Å². The number of hydrogen-bond acceptors (Lipinski definition) is 3. The molecule has 0 saturated carbocycles. The molecule has 0 saturated heterocycles. The minimum atomic E-state index is 0.0678. The van der Waals surface area contributed by atoms with Gasteiger partial charge in [-0.1, -0.05) is 37.3 Å². The molecular weight excluding hydrogens is 240 g/mol. The van der Waals surface area contributed by atoms with E-state index in [-0.39, 0.29) is 12.3 Å². The topological polar surface area (TPSA) is 43.1 Å².